The van der Waals surface area contributed by atoms with Gasteiger partial charge in [0.2, 0.25) is 0 Å². The number of rotatable bonds is 2. The van der Waals surface area contributed by atoms with E-state index in [9.17, 15) is 0 Å². The molecule has 78 valence electrons. The SMILES string of the molecule is CC(C)(C)Nc1ncc(Br)cc1CO. The molecule has 0 aliphatic carbocycles. The normalized spacial score (nSPS) is 11.5. The molecular formula is C10H15BrN2O. The van der Waals surface area contributed by atoms with E-state index in [2.05, 4.69) is 47.0 Å². The molecule has 0 amide bonds. The second kappa shape index (κ2) is 4.28. The molecule has 1 aromatic rings. The largest absolute Gasteiger partial charge is 0.392 e. The van der Waals surface area contributed by atoms with E-state index in [0.717, 1.165) is 15.9 Å². The van der Waals surface area contributed by atoms with Crippen LogP contribution in [0.25, 0.3) is 0 Å². The molecule has 0 fully saturated rings. The highest BCUT2D eigenvalue weighted by molar-refractivity contribution is 9.10. The summed E-state index contributed by atoms with van der Waals surface area (Å²) in [5.41, 5.74) is 0.749. The number of aliphatic hydroxyl groups excluding tert-OH is 1. The summed E-state index contributed by atoms with van der Waals surface area (Å²) in [4.78, 5) is 4.22. The lowest BCUT2D eigenvalue weighted by Gasteiger charge is -2.22. The lowest BCUT2D eigenvalue weighted by Crippen LogP contribution is -2.27. The summed E-state index contributed by atoms with van der Waals surface area (Å²) in [5, 5.41) is 12.4. The highest BCUT2D eigenvalue weighted by Gasteiger charge is 2.12. The van der Waals surface area contributed by atoms with Crippen LogP contribution in [0.5, 0.6) is 0 Å². The summed E-state index contributed by atoms with van der Waals surface area (Å²) in [6.45, 7) is 6.15. The summed E-state index contributed by atoms with van der Waals surface area (Å²) in [7, 11) is 0. The fourth-order valence-corrected chi connectivity index (χ4v) is 1.45. The first-order chi connectivity index (χ1) is 6.42. The molecule has 1 heterocycles. The number of anilines is 1. The van der Waals surface area contributed by atoms with Crippen molar-refractivity contribution in [2.45, 2.75) is 32.9 Å². The Kier molecular flexibility index (Phi) is 3.50. The molecule has 1 rings (SSSR count). The van der Waals surface area contributed by atoms with E-state index in [0.29, 0.717) is 0 Å². The maximum atomic E-state index is 9.14. The Labute approximate surface area is 92.7 Å². The van der Waals surface area contributed by atoms with Crippen molar-refractivity contribution in [1.82, 2.24) is 4.98 Å². The van der Waals surface area contributed by atoms with E-state index in [-0.39, 0.29) is 12.1 Å². The van der Waals surface area contributed by atoms with Crippen LogP contribution in [-0.4, -0.2) is 15.6 Å². The minimum atomic E-state index is -0.0508. The number of halogens is 1. The average Bonchev–Trinajstić information content (AvgIpc) is 2.06. The molecule has 0 unspecified atom stereocenters. The fourth-order valence-electron chi connectivity index (χ4n) is 1.07. The predicted octanol–water partition coefficient (Wildman–Crippen LogP) is 2.55. The first-order valence-electron chi connectivity index (χ1n) is 4.46. The van der Waals surface area contributed by atoms with E-state index in [1.165, 1.54) is 0 Å². The van der Waals surface area contributed by atoms with E-state index in [4.69, 9.17) is 5.11 Å². The predicted molar refractivity (Wildman–Crippen MR) is 61.2 cm³/mol. The molecular weight excluding hydrogens is 244 g/mol. The maximum Gasteiger partial charge on any atom is 0.131 e. The van der Waals surface area contributed by atoms with Gasteiger partial charge >= 0.3 is 0 Å². The van der Waals surface area contributed by atoms with Gasteiger partial charge < -0.3 is 10.4 Å². The van der Waals surface area contributed by atoms with Crippen LogP contribution in [0, 0.1) is 0 Å². The second-order valence-electron chi connectivity index (χ2n) is 4.19. The summed E-state index contributed by atoms with van der Waals surface area (Å²) < 4.78 is 0.876. The lowest BCUT2D eigenvalue weighted by atomic mass is 10.1. The molecule has 3 nitrogen and oxygen atoms in total. The van der Waals surface area contributed by atoms with Crippen LogP contribution in [0.1, 0.15) is 26.3 Å². The molecule has 1 aromatic heterocycles. The maximum absolute atomic E-state index is 9.14. The summed E-state index contributed by atoms with van der Waals surface area (Å²) in [5.74, 6) is 0.739. The molecule has 0 aliphatic rings. The van der Waals surface area contributed by atoms with Crippen LogP contribution in [0.3, 0.4) is 0 Å². The van der Waals surface area contributed by atoms with Gasteiger partial charge in [0.1, 0.15) is 5.82 Å². The average molecular weight is 259 g/mol. The highest BCUT2D eigenvalue weighted by Crippen LogP contribution is 2.20. The molecule has 14 heavy (non-hydrogen) atoms. The monoisotopic (exact) mass is 258 g/mol. The zero-order chi connectivity index (χ0) is 10.8. The number of nitrogens with zero attached hydrogens (tertiary/aromatic N) is 1. The van der Waals surface area contributed by atoms with Crippen molar-refractivity contribution >= 4 is 21.7 Å². The van der Waals surface area contributed by atoms with Crippen molar-refractivity contribution in [3.05, 3.63) is 22.3 Å². The molecule has 4 heteroatoms. The Morgan fingerprint density at radius 3 is 2.64 bits per heavy atom. The van der Waals surface area contributed by atoms with Gasteiger partial charge in [-0.25, -0.2) is 4.98 Å². The second-order valence-corrected chi connectivity index (χ2v) is 5.11. The first-order valence-corrected chi connectivity index (χ1v) is 5.25. The minimum absolute atomic E-state index is 0.00907. The van der Waals surface area contributed by atoms with Gasteiger partial charge in [0.15, 0.2) is 0 Å². The zero-order valence-electron chi connectivity index (χ0n) is 8.63. The number of aromatic nitrogens is 1. The molecule has 0 aromatic carbocycles. The van der Waals surface area contributed by atoms with Gasteiger partial charge in [-0.15, -0.1) is 0 Å². The Balaban J connectivity index is 2.97. The number of aliphatic hydroxyl groups is 1. The quantitative estimate of drug-likeness (QED) is 0.857. The lowest BCUT2D eigenvalue weighted by molar-refractivity contribution is 0.282. The first kappa shape index (κ1) is 11.5. The van der Waals surface area contributed by atoms with E-state index in [1.807, 2.05) is 6.07 Å². The molecule has 2 N–H and O–H groups in total. The van der Waals surface area contributed by atoms with E-state index in [1.54, 1.807) is 6.20 Å². The smallest absolute Gasteiger partial charge is 0.131 e. The molecule has 0 spiro atoms. The van der Waals surface area contributed by atoms with E-state index >= 15 is 0 Å². The van der Waals surface area contributed by atoms with Gasteiger partial charge in [-0.3, -0.25) is 0 Å². The van der Waals surface area contributed by atoms with Gasteiger partial charge in [-0.05, 0) is 42.8 Å². The number of pyridine rings is 1. The summed E-state index contributed by atoms with van der Waals surface area (Å²) in [6, 6.07) is 1.86. The molecule has 0 bridgehead atoms. The summed E-state index contributed by atoms with van der Waals surface area (Å²) >= 11 is 3.32. The summed E-state index contributed by atoms with van der Waals surface area (Å²) in [6.07, 6.45) is 1.72. The third kappa shape index (κ3) is 3.27. The molecule has 0 saturated heterocycles. The standard InChI is InChI=1S/C10H15BrN2O/c1-10(2,3)13-9-7(6-14)4-8(11)5-12-9/h4-5,14H,6H2,1-3H3,(H,12,13). The van der Waals surface area contributed by atoms with Crippen molar-refractivity contribution in [3.63, 3.8) is 0 Å². The number of hydrogen-bond acceptors (Lipinski definition) is 3. The van der Waals surface area contributed by atoms with Crippen molar-refractivity contribution in [2.24, 2.45) is 0 Å². The van der Waals surface area contributed by atoms with Gasteiger partial charge in [-0.1, -0.05) is 0 Å². The molecule has 0 radical (unpaired) electrons. The van der Waals surface area contributed by atoms with Gasteiger partial charge in [0.05, 0.1) is 6.61 Å². The zero-order valence-corrected chi connectivity index (χ0v) is 10.2. The van der Waals surface area contributed by atoms with Crippen molar-refractivity contribution in [2.75, 3.05) is 5.32 Å². The Morgan fingerprint density at radius 1 is 1.50 bits per heavy atom. The van der Waals surface area contributed by atoms with Crippen molar-refractivity contribution in [1.29, 1.82) is 0 Å². The minimum Gasteiger partial charge on any atom is -0.392 e. The van der Waals surface area contributed by atoms with Gasteiger partial charge in [0.25, 0.3) is 0 Å². The Hall–Kier alpha value is -0.610. The highest BCUT2D eigenvalue weighted by atomic mass is 79.9. The van der Waals surface area contributed by atoms with Crippen LogP contribution in [-0.2, 0) is 6.61 Å². The molecule has 0 saturated carbocycles. The van der Waals surface area contributed by atoms with Crippen molar-refractivity contribution < 1.29 is 5.11 Å². The van der Waals surface area contributed by atoms with Gasteiger partial charge in [0, 0.05) is 21.8 Å². The number of nitrogens with one attached hydrogen (secondary N) is 1. The van der Waals surface area contributed by atoms with Crippen molar-refractivity contribution in [3.8, 4) is 0 Å². The Morgan fingerprint density at radius 2 is 2.14 bits per heavy atom. The van der Waals surface area contributed by atoms with E-state index < -0.39 is 0 Å². The van der Waals surface area contributed by atoms with Crippen LogP contribution < -0.4 is 5.32 Å². The molecule has 0 aliphatic heterocycles. The van der Waals surface area contributed by atoms with Crippen LogP contribution >= 0.6 is 15.9 Å². The fraction of sp³-hybridized carbons (Fsp3) is 0.500. The third-order valence-electron chi connectivity index (χ3n) is 1.60. The van der Waals surface area contributed by atoms with Crippen LogP contribution in [0.2, 0.25) is 0 Å². The molecule has 0 atom stereocenters. The van der Waals surface area contributed by atoms with Crippen LogP contribution in [0.15, 0.2) is 16.7 Å². The van der Waals surface area contributed by atoms with Gasteiger partial charge in [-0.2, -0.15) is 0 Å². The number of hydrogen-bond donors (Lipinski definition) is 2. The Bertz CT molecular complexity index is 320. The third-order valence-corrected chi connectivity index (χ3v) is 2.03. The topological polar surface area (TPSA) is 45.2 Å². The van der Waals surface area contributed by atoms with Crippen LogP contribution in [0.4, 0.5) is 5.82 Å².